The second-order valence-corrected chi connectivity index (χ2v) is 6.46. The van der Waals surface area contributed by atoms with Crippen LogP contribution >= 0.6 is 0 Å². The Hall–Kier alpha value is -1.66. The highest BCUT2D eigenvalue weighted by molar-refractivity contribution is 5.94. The van der Waals surface area contributed by atoms with Crippen molar-refractivity contribution < 1.29 is 9.53 Å². The van der Waals surface area contributed by atoms with Gasteiger partial charge in [-0.25, -0.2) is 4.98 Å². The molecule has 1 aromatic rings. The van der Waals surface area contributed by atoms with E-state index in [1.54, 1.807) is 6.20 Å². The van der Waals surface area contributed by atoms with E-state index in [9.17, 15) is 4.79 Å². The molecule has 23 heavy (non-hydrogen) atoms. The SMILES string of the molecule is C[C@@H](CNC(=O)c1ccc(NCC2CC2)nc1)N1CCOCC1. The molecule has 1 amide bonds. The van der Waals surface area contributed by atoms with Crippen LogP contribution in [0, 0.1) is 5.92 Å². The van der Waals surface area contributed by atoms with E-state index in [1.807, 2.05) is 12.1 Å². The summed E-state index contributed by atoms with van der Waals surface area (Å²) >= 11 is 0. The first kappa shape index (κ1) is 16.2. The van der Waals surface area contributed by atoms with Crippen molar-refractivity contribution in [2.75, 3.05) is 44.7 Å². The van der Waals surface area contributed by atoms with E-state index in [4.69, 9.17) is 4.74 Å². The highest BCUT2D eigenvalue weighted by atomic mass is 16.5. The van der Waals surface area contributed by atoms with E-state index in [-0.39, 0.29) is 5.91 Å². The largest absolute Gasteiger partial charge is 0.379 e. The van der Waals surface area contributed by atoms with E-state index in [1.165, 1.54) is 12.8 Å². The predicted octanol–water partition coefficient (Wildman–Crippen LogP) is 1.35. The molecule has 0 aromatic carbocycles. The number of carbonyl (C=O) groups is 1. The van der Waals surface area contributed by atoms with Gasteiger partial charge in [0.25, 0.3) is 5.91 Å². The molecule has 126 valence electrons. The molecule has 2 heterocycles. The van der Waals surface area contributed by atoms with Gasteiger partial charge in [-0.2, -0.15) is 0 Å². The number of morpholine rings is 1. The average Bonchev–Trinajstić information content (AvgIpc) is 3.43. The topological polar surface area (TPSA) is 66.5 Å². The van der Waals surface area contributed by atoms with Crippen LogP contribution in [0.5, 0.6) is 0 Å². The van der Waals surface area contributed by atoms with Gasteiger partial charge >= 0.3 is 0 Å². The van der Waals surface area contributed by atoms with Gasteiger partial charge in [0.1, 0.15) is 5.82 Å². The molecule has 0 radical (unpaired) electrons. The van der Waals surface area contributed by atoms with Gasteiger partial charge in [0.2, 0.25) is 0 Å². The molecular formula is C17H26N4O2. The van der Waals surface area contributed by atoms with E-state index >= 15 is 0 Å². The Morgan fingerprint density at radius 2 is 2.17 bits per heavy atom. The molecule has 1 aliphatic heterocycles. The summed E-state index contributed by atoms with van der Waals surface area (Å²) in [7, 11) is 0. The minimum Gasteiger partial charge on any atom is -0.379 e. The fourth-order valence-corrected chi connectivity index (χ4v) is 2.69. The summed E-state index contributed by atoms with van der Waals surface area (Å²) in [6, 6.07) is 4.02. The minimum absolute atomic E-state index is 0.0636. The molecule has 2 fully saturated rings. The predicted molar refractivity (Wildman–Crippen MR) is 89.6 cm³/mol. The van der Waals surface area contributed by atoms with Crippen LogP contribution in [-0.2, 0) is 4.74 Å². The van der Waals surface area contributed by atoms with Gasteiger partial charge in [-0.3, -0.25) is 9.69 Å². The van der Waals surface area contributed by atoms with Crippen molar-refractivity contribution in [3.8, 4) is 0 Å². The molecule has 1 aliphatic carbocycles. The lowest BCUT2D eigenvalue weighted by Crippen LogP contribution is -2.47. The van der Waals surface area contributed by atoms with Crippen molar-refractivity contribution >= 4 is 11.7 Å². The van der Waals surface area contributed by atoms with Gasteiger partial charge < -0.3 is 15.4 Å². The summed E-state index contributed by atoms with van der Waals surface area (Å²) in [5.74, 6) is 1.59. The number of amides is 1. The van der Waals surface area contributed by atoms with Gasteiger partial charge in [-0.05, 0) is 37.8 Å². The van der Waals surface area contributed by atoms with Crippen LogP contribution in [-0.4, -0.2) is 61.2 Å². The Morgan fingerprint density at radius 1 is 1.39 bits per heavy atom. The van der Waals surface area contributed by atoms with Crippen molar-refractivity contribution in [3.05, 3.63) is 23.9 Å². The van der Waals surface area contributed by atoms with E-state index < -0.39 is 0 Å². The molecule has 3 rings (SSSR count). The summed E-state index contributed by atoms with van der Waals surface area (Å²) in [5.41, 5.74) is 0.608. The smallest absolute Gasteiger partial charge is 0.252 e. The average molecular weight is 318 g/mol. The number of hydrogen-bond donors (Lipinski definition) is 2. The van der Waals surface area contributed by atoms with Crippen LogP contribution < -0.4 is 10.6 Å². The molecule has 1 saturated heterocycles. The van der Waals surface area contributed by atoms with Crippen molar-refractivity contribution in [2.45, 2.75) is 25.8 Å². The molecule has 6 nitrogen and oxygen atoms in total. The highest BCUT2D eigenvalue weighted by Gasteiger charge is 2.21. The molecular weight excluding hydrogens is 292 g/mol. The number of hydrogen-bond acceptors (Lipinski definition) is 5. The van der Waals surface area contributed by atoms with Crippen LogP contribution in [0.4, 0.5) is 5.82 Å². The van der Waals surface area contributed by atoms with Crippen molar-refractivity contribution in [1.82, 2.24) is 15.2 Å². The third-order valence-corrected chi connectivity index (χ3v) is 4.52. The summed E-state index contributed by atoms with van der Waals surface area (Å²) in [4.78, 5) is 18.9. The number of aromatic nitrogens is 1. The van der Waals surface area contributed by atoms with E-state index in [0.29, 0.717) is 18.2 Å². The van der Waals surface area contributed by atoms with E-state index in [2.05, 4.69) is 27.4 Å². The zero-order valence-corrected chi connectivity index (χ0v) is 13.8. The minimum atomic E-state index is -0.0636. The maximum absolute atomic E-state index is 12.2. The van der Waals surface area contributed by atoms with Crippen LogP contribution in [0.25, 0.3) is 0 Å². The van der Waals surface area contributed by atoms with Crippen molar-refractivity contribution in [2.24, 2.45) is 5.92 Å². The first-order valence-corrected chi connectivity index (χ1v) is 8.52. The molecule has 0 spiro atoms. The number of nitrogens with zero attached hydrogens (tertiary/aromatic N) is 2. The second kappa shape index (κ2) is 7.75. The van der Waals surface area contributed by atoms with Gasteiger partial charge in [0.05, 0.1) is 18.8 Å². The molecule has 2 N–H and O–H groups in total. The Balaban J connectivity index is 1.43. The third-order valence-electron chi connectivity index (χ3n) is 4.52. The Kier molecular flexibility index (Phi) is 5.46. The van der Waals surface area contributed by atoms with E-state index in [0.717, 1.165) is 44.6 Å². The summed E-state index contributed by atoms with van der Waals surface area (Å²) in [6.07, 6.45) is 4.27. The second-order valence-electron chi connectivity index (χ2n) is 6.46. The fourth-order valence-electron chi connectivity index (χ4n) is 2.69. The Labute approximate surface area is 137 Å². The summed E-state index contributed by atoms with van der Waals surface area (Å²) in [6.45, 7) is 7.17. The number of rotatable bonds is 7. The summed E-state index contributed by atoms with van der Waals surface area (Å²) < 4.78 is 5.35. The number of anilines is 1. The lowest BCUT2D eigenvalue weighted by Gasteiger charge is -2.32. The van der Waals surface area contributed by atoms with Crippen LogP contribution in [0.3, 0.4) is 0 Å². The van der Waals surface area contributed by atoms with Crippen molar-refractivity contribution in [1.29, 1.82) is 0 Å². The number of carbonyl (C=O) groups excluding carboxylic acids is 1. The van der Waals surface area contributed by atoms with Gasteiger partial charge in [-0.1, -0.05) is 0 Å². The normalized spacial score (nSPS) is 20.0. The van der Waals surface area contributed by atoms with Gasteiger partial charge in [0, 0.05) is 38.4 Å². The number of nitrogens with one attached hydrogen (secondary N) is 2. The maximum atomic E-state index is 12.2. The van der Waals surface area contributed by atoms with Crippen molar-refractivity contribution in [3.63, 3.8) is 0 Å². The quantitative estimate of drug-likeness (QED) is 0.794. The standard InChI is InChI=1S/C17H26N4O2/c1-13(21-6-8-23-9-7-21)10-20-17(22)15-4-5-16(19-12-15)18-11-14-2-3-14/h4-5,12-14H,2-3,6-11H2,1H3,(H,18,19)(H,20,22)/t13-/m0/s1. The monoisotopic (exact) mass is 318 g/mol. The van der Waals surface area contributed by atoms with Crippen LogP contribution in [0.2, 0.25) is 0 Å². The number of pyridine rings is 1. The molecule has 0 unspecified atom stereocenters. The molecule has 1 atom stereocenters. The Morgan fingerprint density at radius 3 is 2.83 bits per heavy atom. The van der Waals surface area contributed by atoms with Gasteiger partial charge in [0.15, 0.2) is 0 Å². The van der Waals surface area contributed by atoms with Crippen LogP contribution in [0.1, 0.15) is 30.1 Å². The lowest BCUT2D eigenvalue weighted by atomic mass is 10.2. The maximum Gasteiger partial charge on any atom is 0.252 e. The van der Waals surface area contributed by atoms with Crippen LogP contribution in [0.15, 0.2) is 18.3 Å². The Bertz CT molecular complexity index is 510. The summed E-state index contributed by atoms with van der Waals surface area (Å²) in [5, 5.41) is 6.30. The molecule has 1 aromatic heterocycles. The molecule has 6 heteroatoms. The highest BCUT2D eigenvalue weighted by Crippen LogP contribution is 2.28. The first-order valence-electron chi connectivity index (χ1n) is 8.52. The first-order chi connectivity index (χ1) is 11.2. The zero-order chi connectivity index (χ0) is 16.1. The zero-order valence-electron chi connectivity index (χ0n) is 13.8. The number of ether oxygens (including phenoxy) is 1. The fraction of sp³-hybridized carbons (Fsp3) is 0.647. The third kappa shape index (κ3) is 4.91. The van der Waals surface area contributed by atoms with Gasteiger partial charge in [-0.15, -0.1) is 0 Å². The lowest BCUT2D eigenvalue weighted by molar-refractivity contribution is 0.0204. The molecule has 1 saturated carbocycles. The molecule has 2 aliphatic rings. The molecule has 0 bridgehead atoms.